The molecular formula is C20H30BF3O3. The highest BCUT2D eigenvalue weighted by atomic mass is 19.4. The van der Waals surface area contributed by atoms with Gasteiger partial charge in [-0.2, -0.15) is 13.2 Å². The number of halogens is 3. The summed E-state index contributed by atoms with van der Waals surface area (Å²) in [7, 11) is -0.778. The molecule has 1 aliphatic heterocycles. The molecule has 152 valence electrons. The Morgan fingerprint density at radius 3 is 2.41 bits per heavy atom. The van der Waals surface area contributed by atoms with E-state index in [2.05, 4.69) is 6.92 Å². The van der Waals surface area contributed by atoms with Crippen LogP contribution >= 0.6 is 0 Å². The molecule has 1 aromatic rings. The van der Waals surface area contributed by atoms with Crippen molar-refractivity contribution < 1.29 is 27.2 Å². The molecule has 0 radical (unpaired) electrons. The highest BCUT2D eigenvalue weighted by Crippen LogP contribution is 2.36. The zero-order valence-corrected chi connectivity index (χ0v) is 16.7. The van der Waals surface area contributed by atoms with Crippen LogP contribution in [0.2, 0.25) is 0 Å². The van der Waals surface area contributed by atoms with Gasteiger partial charge >= 0.3 is 13.3 Å². The van der Waals surface area contributed by atoms with E-state index in [0.717, 1.165) is 38.2 Å². The van der Waals surface area contributed by atoms with E-state index in [0.29, 0.717) is 18.7 Å². The number of ether oxygens (including phenoxy) is 1. The van der Waals surface area contributed by atoms with Crippen molar-refractivity contribution in [1.29, 1.82) is 0 Å². The maximum atomic E-state index is 13.6. The Kier molecular flexibility index (Phi) is 7.63. The highest BCUT2D eigenvalue weighted by molar-refractivity contribution is 6.61. The summed E-state index contributed by atoms with van der Waals surface area (Å²) in [5, 5.41) is 0. The molecule has 1 fully saturated rings. The van der Waals surface area contributed by atoms with Crippen LogP contribution in [0.1, 0.15) is 65.4 Å². The number of alkyl halides is 3. The summed E-state index contributed by atoms with van der Waals surface area (Å²) in [4.78, 5) is 0. The zero-order chi connectivity index (χ0) is 20.1. The van der Waals surface area contributed by atoms with E-state index in [9.17, 15) is 13.2 Å². The lowest BCUT2D eigenvalue weighted by molar-refractivity contribution is -0.139. The fourth-order valence-electron chi connectivity index (χ4n) is 3.04. The average molecular weight is 386 g/mol. The maximum absolute atomic E-state index is 13.6. The second-order valence-corrected chi connectivity index (χ2v) is 8.15. The average Bonchev–Trinajstić information content (AvgIpc) is 2.58. The van der Waals surface area contributed by atoms with Gasteiger partial charge in [0.15, 0.2) is 0 Å². The largest absolute Gasteiger partial charge is 0.493 e. The molecule has 0 saturated carbocycles. The van der Waals surface area contributed by atoms with Gasteiger partial charge in [0.05, 0.1) is 11.7 Å². The standard InChI is InChI=1S/C20H30BF3O3/c1-5-6-7-8-9-15(2)27-18-11-10-16(12-17(18)20(22,23)24)21-25-13-19(3,4)14-26-21/h10-12,15H,5-9,13-14H2,1-4H3/t15-/m0/s1. The van der Waals surface area contributed by atoms with Gasteiger partial charge in [0, 0.05) is 18.6 Å². The molecule has 0 spiro atoms. The minimum Gasteiger partial charge on any atom is -0.490 e. The maximum Gasteiger partial charge on any atom is 0.493 e. The van der Waals surface area contributed by atoms with Crippen LogP contribution in [0, 0.1) is 5.41 Å². The van der Waals surface area contributed by atoms with Crippen molar-refractivity contribution in [2.75, 3.05) is 13.2 Å². The first-order valence-corrected chi connectivity index (χ1v) is 9.73. The van der Waals surface area contributed by atoms with Gasteiger partial charge in [0.25, 0.3) is 0 Å². The van der Waals surface area contributed by atoms with Crippen molar-refractivity contribution in [2.45, 2.75) is 72.1 Å². The molecule has 27 heavy (non-hydrogen) atoms. The summed E-state index contributed by atoms with van der Waals surface area (Å²) in [6, 6.07) is 4.06. The van der Waals surface area contributed by atoms with Crippen molar-refractivity contribution in [3.8, 4) is 5.75 Å². The van der Waals surface area contributed by atoms with E-state index in [4.69, 9.17) is 14.0 Å². The second-order valence-electron chi connectivity index (χ2n) is 8.15. The fraction of sp³-hybridized carbons (Fsp3) is 0.700. The number of hydrogen-bond donors (Lipinski definition) is 0. The van der Waals surface area contributed by atoms with Crippen molar-refractivity contribution in [3.05, 3.63) is 23.8 Å². The van der Waals surface area contributed by atoms with Gasteiger partial charge in [-0.25, -0.2) is 0 Å². The van der Waals surface area contributed by atoms with Crippen LogP contribution in [-0.4, -0.2) is 26.4 Å². The van der Waals surface area contributed by atoms with Crippen LogP contribution in [0.4, 0.5) is 13.2 Å². The molecule has 1 heterocycles. The lowest BCUT2D eigenvalue weighted by Gasteiger charge is -2.33. The number of benzene rings is 1. The molecule has 0 unspecified atom stereocenters. The zero-order valence-electron chi connectivity index (χ0n) is 16.7. The molecule has 0 N–H and O–H groups in total. The summed E-state index contributed by atoms with van der Waals surface area (Å²) < 4.78 is 57.5. The van der Waals surface area contributed by atoms with Gasteiger partial charge in [-0.15, -0.1) is 0 Å². The number of rotatable bonds is 8. The summed E-state index contributed by atoms with van der Waals surface area (Å²) >= 11 is 0. The topological polar surface area (TPSA) is 27.7 Å². The third-order valence-electron chi connectivity index (χ3n) is 4.62. The SMILES string of the molecule is CCCCCC[C@H](C)Oc1ccc(B2OCC(C)(C)CO2)cc1C(F)(F)F. The predicted molar refractivity (Wildman–Crippen MR) is 101 cm³/mol. The minimum absolute atomic E-state index is 0.134. The van der Waals surface area contributed by atoms with Gasteiger partial charge in [-0.3, -0.25) is 0 Å². The number of unbranched alkanes of at least 4 members (excludes halogenated alkanes) is 3. The van der Waals surface area contributed by atoms with Gasteiger partial charge in [0.2, 0.25) is 0 Å². The van der Waals surface area contributed by atoms with Crippen molar-refractivity contribution in [2.24, 2.45) is 5.41 Å². The van der Waals surface area contributed by atoms with Crippen LogP contribution in [0.3, 0.4) is 0 Å². The van der Waals surface area contributed by atoms with E-state index >= 15 is 0 Å². The van der Waals surface area contributed by atoms with Crippen molar-refractivity contribution >= 4 is 12.6 Å². The Labute approximate surface area is 160 Å². The highest BCUT2D eigenvalue weighted by Gasteiger charge is 2.38. The fourth-order valence-corrected chi connectivity index (χ4v) is 3.04. The van der Waals surface area contributed by atoms with E-state index in [1.54, 1.807) is 6.07 Å². The molecule has 2 rings (SSSR count). The molecule has 1 atom stereocenters. The van der Waals surface area contributed by atoms with Crippen LogP contribution in [0.5, 0.6) is 5.75 Å². The molecular weight excluding hydrogens is 356 g/mol. The lowest BCUT2D eigenvalue weighted by Crippen LogP contribution is -2.47. The summed E-state index contributed by atoms with van der Waals surface area (Å²) in [6.45, 7) is 8.79. The van der Waals surface area contributed by atoms with E-state index in [-0.39, 0.29) is 17.3 Å². The normalized spacial score (nSPS) is 18.4. The molecule has 1 saturated heterocycles. The Hall–Kier alpha value is -1.21. The minimum atomic E-state index is -4.50. The van der Waals surface area contributed by atoms with Gasteiger partial charge < -0.3 is 14.0 Å². The molecule has 0 aromatic heterocycles. The number of hydrogen-bond acceptors (Lipinski definition) is 3. The summed E-state index contributed by atoms with van der Waals surface area (Å²) in [5.41, 5.74) is -0.558. The molecule has 0 amide bonds. The second kappa shape index (κ2) is 9.33. The van der Waals surface area contributed by atoms with Crippen LogP contribution in [0.15, 0.2) is 18.2 Å². The molecule has 3 nitrogen and oxygen atoms in total. The van der Waals surface area contributed by atoms with E-state index in [1.165, 1.54) is 6.07 Å². The third kappa shape index (κ3) is 6.72. The molecule has 1 aromatic carbocycles. The van der Waals surface area contributed by atoms with Gasteiger partial charge in [0.1, 0.15) is 5.75 Å². The summed E-state index contributed by atoms with van der Waals surface area (Å²) in [5.74, 6) is -0.134. The van der Waals surface area contributed by atoms with E-state index < -0.39 is 18.9 Å². The van der Waals surface area contributed by atoms with Crippen LogP contribution < -0.4 is 10.2 Å². The quantitative estimate of drug-likeness (QED) is 0.453. The molecule has 0 aliphatic carbocycles. The van der Waals surface area contributed by atoms with Crippen molar-refractivity contribution in [1.82, 2.24) is 0 Å². The Morgan fingerprint density at radius 1 is 1.15 bits per heavy atom. The van der Waals surface area contributed by atoms with Crippen LogP contribution in [-0.2, 0) is 15.5 Å². The third-order valence-corrected chi connectivity index (χ3v) is 4.62. The Balaban J connectivity index is 2.09. The summed E-state index contributed by atoms with van der Waals surface area (Å²) in [6.07, 6.45) is 0.252. The van der Waals surface area contributed by atoms with E-state index in [1.807, 2.05) is 20.8 Å². The molecule has 0 bridgehead atoms. The molecule has 1 aliphatic rings. The first kappa shape index (κ1) is 22.1. The smallest absolute Gasteiger partial charge is 0.490 e. The first-order valence-electron chi connectivity index (χ1n) is 9.73. The Bertz CT molecular complexity index is 595. The first-order chi connectivity index (χ1) is 12.6. The van der Waals surface area contributed by atoms with Crippen molar-refractivity contribution in [3.63, 3.8) is 0 Å². The van der Waals surface area contributed by atoms with Crippen LogP contribution in [0.25, 0.3) is 0 Å². The molecule has 7 heteroatoms. The Morgan fingerprint density at radius 2 is 1.81 bits per heavy atom. The predicted octanol–water partition coefficient (Wildman–Crippen LogP) is 5.21. The van der Waals surface area contributed by atoms with Gasteiger partial charge in [-0.05, 0) is 37.4 Å². The lowest BCUT2D eigenvalue weighted by atomic mass is 9.75. The monoisotopic (exact) mass is 386 g/mol. The van der Waals surface area contributed by atoms with Gasteiger partial charge in [-0.1, -0.05) is 46.1 Å².